The van der Waals surface area contributed by atoms with Crippen molar-refractivity contribution in [2.24, 2.45) is 5.92 Å². The van der Waals surface area contributed by atoms with Crippen molar-refractivity contribution in [1.82, 2.24) is 5.32 Å². The lowest BCUT2D eigenvalue weighted by atomic mass is 9.85. The van der Waals surface area contributed by atoms with Crippen LogP contribution in [-0.4, -0.2) is 19.1 Å². The third kappa shape index (κ3) is 3.45. The number of benzene rings is 1. The van der Waals surface area contributed by atoms with Crippen LogP contribution in [0.3, 0.4) is 0 Å². The van der Waals surface area contributed by atoms with Crippen molar-refractivity contribution in [3.63, 3.8) is 0 Å². The Bertz CT molecular complexity index is 474. The van der Waals surface area contributed by atoms with Gasteiger partial charge in [-0.25, -0.2) is 0 Å². The Hall–Kier alpha value is -0.540. The van der Waals surface area contributed by atoms with E-state index in [9.17, 15) is 0 Å². The van der Waals surface area contributed by atoms with Crippen LogP contribution in [0.15, 0.2) is 22.7 Å². The van der Waals surface area contributed by atoms with Crippen molar-refractivity contribution >= 4 is 21.6 Å². The molecule has 2 unspecified atom stereocenters. The van der Waals surface area contributed by atoms with Crippen molar-refractivity contribution in [3.8, 4) is 0 Å². The number of nitrogens with zero attached hydrogens (tertiary/aromatic N) is 1. The monoisotopic (exact) mass is 350 g/mol. The molecule has 2 nitrogen and oxygen atoms in total. The van der Waals surface area contributed by atoms with Gasteiger partial charge >= 0.3 is 0 Å². The molecule has 1 heterocycles. The fourth-order valence-electron chi connectivity index (χ4n) is 4.08. The summed E-state index contributed by atoms with van der Waals surface area (Å²) in [6.07, 6.45) is 8.28. The standard InChI is InChI=1S/C18H27BrN2/c1-2-10-20-13-15-12-16(19)7-8-18(15)21-11-9-14-5-3-4-6-17(14)21/h7-8,12,14,17,20H,2-6,9-11,13H2,1H3. The molecule has 21 heavy (non-hydrogen) atoms. The second kappa shape index (κ2) is 7.15. The highest BCUT2D eigenvalue weighted by molar-refractivity contribution is 9.10. The first-order valence-corrected chi connectivity index (χ1v) is 9.34. The van der Waals surface area contributed by atoms with Crippen LogP contribution in [0.2, 0.25) is 0 Å². The van der Waals surface area contributed by atoms with E-state index >= 15 is 0 Å². The Morgan fingerprint density at radius 3 is 2.95 bits per heavy atom. The fourth-order valence-corrected chi connectivity index (χ4v) is 4.49. The molecule has 2 aliphatic rings. The van der Waals surface area contributed by atoms with E-state index in [0.29, 0.717) is 0 Å². The summed E-state index contributed by atoms with van der Waals surface area (Å²) in [5.74, 6) is 0.943. The first kappa shape index (κ1) is 15.4. The maximum Gasteiger partial charge on any atom is 0.0415 e. The Kier molecular flexibility index (Phi) is 5.23. The molecule has 3 heteroatoms. The summed E-state index contributed by atoms with van der Waals surface area (Å²) in [5, 5.41) is 3.57. The van der Waals surface area contributed by atoms with E-state index in [4.69, 9.17) is 0 Å². The molecule has 1 N–H and O–H groups in total. The van der Waals surface area contributed by atoms with Gasteiger partial charge in [0, 0.05) is 29.3 Å². The number of anilines is 1. The predicted molar refractivity (Wildman–Crippen MR) is 93.8 cm³/mol. The maximum atomic E-state index is 3.64. The Labute approximate surface area is 137 Å². The first-order valence-electron chi connectivity index (χ1n) is 8.55. The van der Waals surface area contributed by atoms with Crippen LogP contribution in [0.4, 0.5) is 5.69 Å². The molecule has 3 rings (SSSR count). The number of hydrogen-bond acceptors (Lipinski definition) is 2. The van der Waals surface area contributed by atoms with E-state index in [1.54, 1.807) is 0 Å². The van der Waals surface area contributed by atoms with Crippen molar-refractivity contribution in [2.75, 3.05) is 18.0 Å². The summed E-state index contributed by atoms with van der Waals surface area (Å²) < 4.78 is 1.19. The lowest BCUT2D eigenvalue weighted by molar-refractivity contribution is 0.342. The van der Waals surface area contributed by atoms with Gasteiger partial charge in [-0.15, -0.1) is 0 Å². The molecule has 0 aromatic heterocycles. The third-order valence-corrected chi connectivity index (χ3v) is 5.60. The molecular weight excluding hydrogens is 324 g/mol. The molecule has 1 saturated carbocycles. The van der Waals surface area contributed by atoms with Gasteiger partial charge in [0.15, 0.2) is 0 Å². The molecular formula is C18H27BrN2. The summed E-state index contributed by atoms with van der Waals surface area (Å²) in [5.41, 5.74) is 2.92. The predicted octanol–water partition coefficient (Wildman–Crippen LogP) is 4.72. The van der Waals surface area contributed by atoms with Gasteiger partial charge in [0.05, 0.1) is 0 Å². The quantitative estimate of drug-likeness (QED) is 0.773. The van der Waals surface area contributed by atoms with Gasteiger partial charge in [-0.05, 0) is 61.9 Å². The molecule has 1 aliphatic heterocycles. The normalized spacial score (nSPS) is 25.1. The van der Waals surface area contributed by atoms with Gasteiger partial charge in [0.25, 0.3) is 0 Å². The molecule has 0 amide bonds. The summed E-state index contributed by atoms with van der Waals surface area (Å²) in [4.78, 5) is 2.71. The minimum Gasteiger partial charge on any atom is -0.368 e. The molecule has 0 bridgehead atoms. The largest absolute Gasteiger partial charge is 0.368 e. The topological polar surface area (TPSA) is 15.3 Å². The number of fused-ring (bicyclic) bond motifs is 1. The molecule has 2 fully saturated rings. The zero-order valence-corrected chi connectivity index (χ0v) is 14.7. The number of nitrogens with one attached hydrogen (secondary N) is 1. The van der Waals surface area contributed by atoms with Crippen LogP contribution in [0, 0.1) is 5.92 Å². The zero-order chi connectivity index (χ0) is 14.7. The highest BCUT2D eigenvalue weighted by atomic mass is 79.9. The van der Waals surface area contributed by atoms with Crippen LogP contribution in [0.1, 0.15) is 51.0 Å². The second-order valence-corrected chi connectivity index (χ2v) is 7.46. The first-order chi connectivity index (χ1) is 10.3. The molecule has 1 aliphatic carbocycles. The molecule has 1 aromatic rings. The van der Waals surface area contributed by atoms with Crippen LogP contribution >= 0.6 is 15.9 Å². The lowest BCUT2D eigenvalue weighted by Gasteiger charge is -2.34. The summed E-state index contributed by atoms with van der Waals surface area (Å²) in [6, 6.07) is 7.62. The maximum absolute atomic E-state index is 3.64. The van der Waals surface area contributed by atoms with Gasteiger partial charge in [-0.3, -0.25) is 0 Å². The Morgan fingerprint density at radius 2 is 2.10 bits per heavy atom. The van der Waals surface area contributed by atoms with E-state index in [0.717, 1.165) is 25.0 Å². The number of halogens is 1. The van der Waals surface area contributed by atoms with Crippen LogP contribution in [0.5, 0.6) is 0 Å². The second-order valence-electron chi connectivity index (χ2n) is 6.54. The van der Waals surface area contributed by atoms with E-state index in [2.05, 4.69) is 51.3 Å². The van der Waals surface area contributed by atoms with E-state index < -0.39 is 0 Å². The SMILES string of the molecule is CCCNCc1cc(Br)ccc1N1CCC2CCCCC21. The van der Waals surface area contributed by atoms with Gasteiger partial charge in [0.2, 0.25) is 0 Å². The van der Waals surface area contributed by atoms with Crippen LogP contribution in [0.25, 0.3) is 0 Å². The zero-order valence-electron chi connectivity index (χ0n) is 13.1. The van der Waals surface area contributed by atoms with E-state index in [1.807, 2.05) is 0 Å². The highest BCUT2D eigenvalue weighted by Crippen LogP contribution is 2.40. The molecule has 0 spiro atoms. The molecule has 2 atom stereocenters. The highest BCUT2D eigenvalue weighted by Gasteiger charge is 2.36. The molecule has 116 valence electrons. The number of hydrogen-bond donors (Lipinski definition) is 1. The van der Waals surface area contributed by atoms with Crippen molar-refractivity contribution < 1.29 is 0 Å². The van der Waals surface area contributed by atoms with Gasteiger partial charge in [-0.2, -0.15) is 0 Å². The third-order valence-electron chi connectivity index (χ3n) is 5.10. The Balaban J connectivity index is 1.80. The van der Waals surface area contributed by atoms with Crippen LogP contribution < -0.4 is 10.2 Å². The van der Waals surface area contributed by atoms with E-state index in [1.165, 1.54) is 60.8 Å². The Morgan fingerprint density at radius 1 is 1.24 bits per heavy atom. The van der Waals surface area contributed by atoms with E-state index in [-0.39, 0.29) is 0 Å². The lowest BCUT2D eigenvalue weighted by Crippen LogP contribution is -2.35. The van der Waals surface area contributed by atoms with Crippen molar-refractivity contribution in [1.29, 1.82) is 0 Å². The average molecular weight is 351 g/mol. The smallest absolute Gasteiger partial charge is 0.0415 e. The van der Waals surface area contributed by atoms with Gasteiger partial charge in [-0.1, -0.05) is 35.7 Å². The summed E-state index contributed by atoms with van der Waals surface area (Å²) in [6.45, 7) is 5.55. The molecule has 0 radical (unpaired) electrons. The minimum absolute atomic E-state index is 0.796. The average Bonchev–Trinajstić information content (AvgIpc) is 2.92. The molecule has 1 saturated heterocycles. The fraction of sp³-hybridized carbons (Fsp3) is 0.667. The van der Waals surface area contributed by atoms with Crippen LogP contribution in [-0.2, 0) is 6.54 Å². The minimum atomic E-state index is 0.796. The summed E-state index contributed by atoms with van der Waals surface area (Å²) >= 11 is 3.64. The van der Waals surface area contributed by atoms with Gasteiger partial charge in [0.1, 0.15) is 0 Å². The number of rotatable bonds is 5. The van der Waals surface area contributed by atoms with Crippen molar-refractivity contribution in [2.45, 2.75) is 58.0 Å². The molecule has 1 aromatic carbocycles. The summed E-state index contributed by atoms with van der Waals surface area (Å²) in [7, 11) is 0. The van der Waals surface area contributed by atoms with Crippen molar-refractivity contribution in [3.05, 3.63) is 28.2 Å². The van der Waals surface area contributed by atoms with Gasteiger partial charge < -0.3 is 10.2 Å².